The smallest absolute Gasteiger partial charge is 0.0541 e. The molecule has 66 heavy (non-hydrogen) atoms. The Morgan fingerprint density at radius 3 is 1.48 bits per heavy atom. The third-order valence-electron chi connectivity index (χ3n) is 13.0. The van der Waals surface area contributed by atoms with Crippen LogP contribution in [0, 0.1) is 0 Å². The van der Waals surface area contributed by atoms with Gasteiger partial charge in [-0.25, -0.2) is 0 Å². The average molecular weight is 841 g/mol. The van der Waals surface area contributed by atoms with Gasteiger partial charge in [0.1, 0.15) is 0 Å². The van der Waals surface area contributed by atoms with Crippen LogP contribution in [0.2, 0.25) is 0 Å². The number of nitrogens with zero attached hydrogens (tertiary/aromatic N) is 2. The van der Waals surface area contributed by atoms with E-state index in [1.54, 1.807) is 0 Å². The van der Waals surface area contributed by atoms with E-state index in [-0.39, 0.29) is 0 Å². The number of rotatable bonds is 9. The number of hydrogen-bond acceptors (Lipinski definition) is 1. The van der Waals surface area contributed by atoms with Gasteiger partial charge in [0.25, 0.3) is 0 Å². The molecule has 0 spiro atoms. The molecule has 0 aliphatic carbocycles. The number of benzene rings is 11. The zero-order valence-electron chi connectivity index (χ0n) is 36.3. The van der Waals surface area contributed by atoms with E-state index in [4.69, 9.17) is 0 Å². The van der Waals surface area contributed by atoms with E-state index in [2.05, 4.69) is 276 Å². The third-order valence-corrected chi connectivity index (χ3v) is 13.0. The fourth-order valence-corrected chi connectivity index (χ4v) is 10.1. The summed E-state index contributed by atoms with van der Waals surface area (Å²) >= 11 is 0. The first-order chi connectivity index (χ1) is 32.8. The van der Waals surface area contributed by atoms with Gasteiger partial charge in [-0.1, -0.05) is 218 Å². The molecular formula is C64H44N2. The molecule has 0 aliphatic rings. The Hall–Kier alpha value is -8.72. The van der Waals surface area contributed by atoms with E-state index >= 15 is 0 Å². The van der Waals surface area contributed by atoms with Crippen LogP contribution in [0.4, 0.5) is 17.1 Å². The number of para-hydroxylation sites is 3. The number of fused-ring (bicyclic) bond motifs is 4. The Balaban J connectivity index is 1.12. The minimum absolute atomic E-state index is 1.06. The largest absolute Gasteiger partial charge is 0.310 e. The number of anilines is 3. The molecular weight excluding hydrogens is 797 g/mol. The highest BCUT2D eigenvalue weighted by molar-refractivity contribution is 6.09. The lowest BCUT2D eigenvalue weighted by Gasteiger charge is -2.30. The van der Waals surface area contributed by atoms with Gasteiger partial charge >= 0.3 is 0 Å². The summed E-state index contributed by atoms with van der Waals surface area (Å²) in [5, 5.41) is 4.94. The monoisotopic (exact) mass is 840 g/mol. The van der Waals surface area contributed by atoms with E-state index < -0.39 is 0 Å². The molecule has 11 aromatic carbocycles. The maximum absolute atomic E-state index is 2.46. The summed E-state index contributed by atoms with van der Waals surface area (Å²) in [6, 6.07) is 97.1. The van der Waals surface area contributed by atoms with Crippen molar-refractivity contribution >= 4 is 49.6 Å². The second-order valence-corrected chi connectivity index (χ2v) is 16.8. The number of hydrogen-bond donors (Lipinski definition) is 0. The maximum Gasteiger partial charge on any atom is 0.0541 e. The molecule has 12 rings (SSSR count). The van der Waals surface area contributed by atoms with Gasteiger partial charge in [-0.05, 0) is 109 Å². The molecule has 0 saturated carbocycles. The van der Waals surface area contributed by atoms with Crippen LogP contribution in [0.25, 0.3) is 93.9 Å². The van der Waals surface area contributed by atoms with Crippen molar-refractivity contribution in [1.29, 1.82) is 0 Å². The van der Waals surface area contributed by atoms with Crippen molar-refractivity contribution < 1.29 is 0 Å². The standard InChI is InChI=1S/C64H44N2/c1-3-21-45(22-4-1)53-32-9-10-36-59(53)64-55(47-23-5-2-6-24-47)38-20-39-60(64)58-35-13-14-40-61(58)65(49-28-17-27-48(43-49)54-37-18-26-46-25-7-8-31-52(46)54)50-29-19-30-51(44-50)66-62-41-15-11-33-56(62)57-34-12-16-42-63(57)66/h1-44H. The van der Waals surface area contributed by atoms with Crippen LogP contribution in [0.5, 0.6) is 0 Å². The molecule has 0 unspecified atom stereocenters. The van der Waals surface area contributed by atoms with Crippen LogP contribution in [0.3, 0.4) is 0 Å². The zero-order chi connectivity index (χ0) is 43.8. The Morgan fingerprint density at radius 1 is 0.273 bits per heavy atom. The molecule has 0 atom stereocenters. The summed E-state index contributed by atoms with van der Waals surface area (Å²) in [6.45, 7) is 0. The Bertz CT molecular complexity index is 3650. The third kappa shape index (κ3) is 6.84. The van der Waals surface area contributed by atoms with Crippen LogP contribution < -0.4 is 4.90 Å². The van der Waals surface area contributed by atoms with Crippen molar-refractivity contribution in [2.24, 2.45) is 0 Å². The van der Waals surface area contributed by atoms with Gasteiger partial charge in [0.15, 0.2) is 0 Å². The van der Waals surface area contributed by atoms with Crippen LogP contribution in [0.15, 0.2) is 267 Å². The fraction of sp³-hybridized carbons (Fsp3) is 0. The van der Waals surface area contributed by atoms with Crippen molar-refractivity contribution in [3.05, 3.63) is 267 Å². The second kappa shape index (κ2) is 16.8. The van der Waals surface area contributed by atoms with Crippen molar-refractivity contribution in [2.75, 3.05) is 4.90 Å². The molecule has 0 amide bonds. The normalized spacial score (nSPS) is 11.3. The van der Waals surface area contributed by atoms with Crippen LogP contribution in [0.1, 0.15) is 0 Å². The zero-order valence-corrected chi connectivity index (χ0v) is 36.3. The molecule has 0 aliphatic heterocycles. The topological polar surface area (TPSA) is 8.17 Å². The fourth-order valence-electron chi connectivity index (χ4n) is 10.1. The van der Waals surface area contributed by atoms with Crippen molar-refractivity contribution in [3.63, 3.8) is 0 Å². The van der Waals surface area contributed by atoms with Gasteiger partial charge in [-0.2, -0.15) is 0 Å². The molecule has 0 bridgehead atoms. The molecule has 0 saturated heterocycles. The summed E-state index contributed by atoms with van der Waals surface area (Å²) in [7, 11) is 0. The van der Waals surface area contributed by atoms with Gasteiger partial charge in [-0.3, -0.25) is 0 Å². The van der Waals surface area contributed by atoms with E-state index in [1.165, 1.54) is 71.5 Å². The lowest BCUT2D eigenvalue weighted by atomic mass is 9.84. The van der Waals surface area contributed by atoms with Crippen LogP contribution >= 0.6 is 0 Å². The summed E-state index contributed by atoms with van der Waals surface area (Å²) in [4.78, 5) is 2.46. The molecule has 1 heterocycles. The van der Waals surface area contributed by atoms with Gasteiger partial charge in [0.2, 0.25) is 0 Å². The molecule has 2 nitrogen and oxygen atoms in total. The van der Waals surface area contributed by atoms with E-state index in [9.17, 15) is 0 Å². The van der Waals surface area contributed by atoms with Crippen molar-refractivity contribution in [2.45, 2.75) is 0 Å². The lowest BCUT2D eigenvalue weighted by molar-refractivity contribution is 1.17. The Labute approximate surface area is 385 Å². The minimum atomic E-state index is 1.06. The summed E-state index contributed by atoms with van der Waals surface area (Å²) in [6.07, 6.45) is 0. The molecule has 0 fully saturated rings. The summed E-state index contributed by atoms with van der Waals surface area (Å²) < 4.78 is 2.41. The molecule has 1 aromatic heterocycles. The molecule has 310 valence electrons. The van der Waals surface area contributed by atoms with Gasteiger partial charge in [0, 0.05) is 33.4 Å². The van der Waals surface area contributed by atoms with Crippen molar-refractivity contribution in [3.8, 4) is 61.3 Å². The van der Waals surface area contributed by atoms with Crippen LogP contribution in [-0.4, -0.2) is 4.57 Å². The van der Waals surface area contributed by atoms with Gasteiger partial charge in [0.05, 0.1) is 16.7 Å². The van der Waals surface area contributed by atoms with Gasteiger partial charge in [-0.15, -0.1) is 0 Å². The Kier molecular flexibility index (Phi) is 9.89. The highest BCUT2D eigenvalue weighted by Gasteiger charge is 2.24. The first-order valence-electron chi connectivity index (χ1n) is 22.7. The second-order valence-electron chi connectivity index (χ2n) is 16.8. The SMILES string of the molecule is c1ccc(-c2ccccc2-c2c(-c3ccccc3)cccc2-c2ccccc2N(c2cccc(-c3cccc4ccccc34)c2)c2cccc(-n3c4ccccc4c4ccccc43)c2)cc1. The lowest BCUT2D eigenvalue weighted by Crippen LogP contribution is -2.12. The van der Waals surface area contributed by atoms with Gasteiger partial charge < -0.3 is 9.47 Å². The molecule has 2 heteroatoms. The highest BCUT2D eigenvalue weighted by Crippen LogP contribution is 2.49. The van der Waals surface area contributed by atoms with Crippen LogP contribution in [-0.2, 0) is 0 Å². The van der Waals surface area contributed by atoms with E-state index in [0.29, 0.717) is 0 Å². The number of aromatic nitrogens is 1. The maximum atomic E-state index is 2.46. The first-order valence-corrected chi connectivity index (χ1v) is 22.7. The van der Waals surface area contributed by atoms with Crippen molar-refractivity contribution in [1.82, 2.24) is 4.57 Å². The molecule has 12 aromatic rings. The minimum Gasteiger partial charge on any atom is -0.310 e. The Morgan fingerprint density at radius 2 is 0.742 bits per heavy atom. The summed E-state index contributed by atoms with van der Waals surface area (Å²) in [5.74, 6) is 0. The first kappa shape index (κ1) is 38.9. The highest BCUT2D eigenvalue weighted by atomic mass is 15.1. The predicted octanol–water partition coefficient (Wildman–Crippen LogP) is 17.7. The predicted molar refractivity (Wildman–Crippen MR) is 280 cm³/mol. The average Bonchev–Trinajstić information content (AvgIpc) is 3.74. The van der Waals surface area contributed by atoms with E-state index in [1.807, 2.05) is 0 Å². The van der Waals surface area contributed by atoms with E-state index in [0.717, 1.165) is 39.4 Å². The quantitative estimate of drug-likeness (QED) is 0.141. The molecule has 0 radical (unpaired) electrons. The summed E-state index contributed by atoms with van der Waals surface area (Å²) in [5.41, 5.74) is 18.4. The molecule has 0 N–H and O–H groups in total.